The van der Waals surface area contributed by atoms with Gasteiger partial charge in [-0.05, 0) is 49.9 Å². The zero-order valence-electron chi connectivity index (χ0n) is 12.9. The summed E-state index contributed by atoms with van der Waals surface area (Å²) in [6.07, 6.45) is 3.33. The number of Topliss-reactive ketones (excluding diaryl/α,β-unsaturated/α-hetero) is 1. The summed E-state index contributed by atoms with van der Waals surface area (Å²) in [4.78, 5) is 23.3. The predicted octanol–water partition coefficient (Wildman–Crippen LogP) is 2.08. The molecule has 5 heteroatoms. The first-order valence-electron chi connectivity index (χ1n) is 7.82. The smallest absolute Gasteiger partial charge is 0.258 e. The zero-order chi connectivity index (χ0) is 15.9. The largest absolute Gasteiger partial charge is 0.484 e. The van der Waals surface area contributed by atoms with Gasteiger partial charge in [0.2, 0.25) is 0 Å². The van der Waals surface area contributed by atoms with Crippen LogP contribution < -0.4 is 10.1 Å². The van der Waals surface area contributed by atoms with E-state index in [0.717, 1.165) is 25.7 Å². The molecule has 1 aliphatic carbocycles. The van der Waals surface area contributed by atoms with Crippen LogP contribution in [-0.4, -0.2) is 35.5 Å². The number of aliphatic hydroxyl groups is 1. The van der Waals surface area contributed by atoms with Gasteiger partial charge in [-0.1, -0.05) is 6.92 Å². The first kappa shape index (κ1) is 16.5. The average Bonchev–Trinajstić information content (AvgIpc) is 2.55. The topological polar surface area (TPSA) is 75.6 Å². The summed E-state index contributed by atoms with van der Waals surface area (Å²) in [6, 6.07) is 6.95. The van der Waals surface area contributed by atoms with Crippen molar-refractivity contribution in [3.63, 3.8) is 0 Å². The average molecular weight is 305 g/mol. The van der Waals surface area contributed by atoms with Crippen molar-refractivity contribution in [2.75, 3.05) is 6.61 Å². The molecule has 1 aliphatic rings. The van der Waals surface area contributed by atoms with Crippen LogP contribution in [0.25, 0.3) is 0 Å². The molecule has 2 N–H and O–H groups in total. The second-order valence-electron chi connectivity index (χ2n) is 5.66. The number of carbonyl (C=O) groups is 2. The summed E-state index contributed by atoms with van der Waals surface area (Å²) >= 11 is 0. The van der Waals surface area contributed by atoms with Crippen LogP contribution in [0.5, 0.6) is 5.75 Å². The molecular formula is C17H23NO4. The number of hydrogen-bond donors (Lipinski definition) is 2. The normalized spacial score (nSPS) is 21.2. The van der Waals surface area contributed by atoms with Crippen LogP contribution in [0, 0.1) is 0 Å². The number of ether oxygens (including phenoxy) is 1. The molecule has 22 heavy (non-hydrogen) atoms. The van der Waals surface area contributed by atoms with E-state index in [2.05, 4.69) is 5.32 Å². The van der Waals surface area contributed by atoms with Crippen molar-refractivity contribution in [3.05, 3.63) is 29.8 Å². The third-order valence-corrected chi connectivity index (χ3v) is 3.93. The van der Waals surface area contributed by atoms with Crippen LogP contribution >= 0.6 is 0 Å². The van der Waals surface area contributed by atoms with E-state index in [1.165, 1.54) is 0 Å². The fourth-order valence-corrected chi connectivity index (χ4v) is 2.58. The molecule has 0 aliphatic heterocycles. The molecule has 0 aromatic heterocycles. The van der Waals surface area contributed by atoms with E-state index in [-0.39, 0.29) is 30.4 Å². The first-order valence-corrected chi connectivity index (χ1v) is 7.82. The van der Waals surface area contributed by atoms with E-state index < -0.39 is 0 Å². The van der Waals surface area contributed by atoms with Gasteiger partial charge in [-0.3, -0.25) is 9.59 Å². The molecule has 0 heterocycles. The van der Waals surface area contributed by atoms with Crippen LogP contribution in [0.15, 0.2) is 24.3 Å². The molecule has 0 radical (unpaired) electrons. The molecule has 0 bridgehead atoms. The Hall–Kier alpha value is -1.88. The van der Waals surface area contributed by atoms with Crippen molar-refractivity contribution in [2.45, 2.75) is 51.2 Å². The summed E-state index contributed by atoms with van der Waals surface area (Å²) in [7, 11) is 0. The van der Waals surface area contributed by atoms with E-state index >= 15 is 0 Å². The van der Waals surface area contributed by atoms with Gasteiger partial charge in [-0.25, -0.2) is 0 Å². The Balaban J connectivity index is 1.75. The molecule has 1 aromatic carbocycles. The monoisotopic (exact) mass is 305 g/mol. The highest BCUT2D eigenvalue weighted by Crippen LogP contribution is 2.18. The summed E-state index contributed by atoms with van der Waals surface area (Å²) in [5, 5.41) is 12.4. The quantitative estimate of drug-likeness (QED) is 0.789. The summed E-state index contributed by atoms with van der Waals surface area (Å²) in [5.74, 6) is 0.501. The fraction of sp³-hybridized carbons (Fsp3) is 0.529. The van der Waals surface area contributed by atoms with Crippen LogP contribution in [0.4, 0.5) is 0 Å². The minimum atomic E-state index is -0.228. The van der Waals surface area contributed by atoms with Gasteiger partial charge in [-0.15, -0.1) is 0 Å². The highest BCUT2D eigenvalue weighted by atomic mass is 16.5. The van der Waals surface area contributed by atoms with Crippen molar-refractivity contribution >= 4 is 11.7 Å². The number of amides is 1. The van der Waals surface area contributed by atoms with Gasteiger partial charge in [0.05, 0.1) is 6.10 Å². The second-order valence-corrected chi connectivity index (χ2v) is 5.66. The molecule has 0 atom stereocenters. The maximum atomic E-state index is 11.8. The summed E-state index contributed by atoms with van der Waals surface area (Å²) in [6.45, 7) is 1.78. The van der Waals surface area contributed by atoms with Gasteiger partial charge < -0.3 is 15.2 Å². The first-order chi connectivity index (χ1) is 10.6. The van der Waals surface area contributed by atoms with E-state index in [0.29, 0.717) is 17.7 Å². The minimum absolute atomic E-state index is 0.0415. The molecule has 0 spiro atoms. The number of nitrogens with one attached hydrogen (secondary N) is 1. The number of benzene rings is 1. The lowest BCUT2D eigenvalue weighted by atomic mass is 9.93. The van der Waals surface area contributed by atoms with Gasteiger partial charge >= 0.3 is 0 Å². The summed E-state index contributed by atoms with van der Waals surface area (Å²) in [5.41, 5.74) is 0.653. The number of carbonyl (C=O) groups excluding carboxylic acids is 2. The SMILES string of the molecule is CCC(=O)c1ccc(OCC(=O)NC2CCC(O)CC2)cc1. The molecule has 1 amide bonds. The van der Waals surface area contributed by atoms with Crippen LogP contribution in [-0.2, 0) is 4.79 Å². The van der Waals surface area contributed by atoms with E-state index in [9.17, 15) is 14.7 Å². The molecule has 1 saturated carbocycles. The maximum absolute atomic E-state index is 11.8. The Labute approximate surface area is 130 Å². The van der Waals surface area contributed by atoms with Crippen molar-refractivity contribution in [1.29, 1.82) is 0 Å². The molecule has 1 aromatic rings. The van der Waals surface area contributed by atoms with E-state index in [1.807, 2.05) is 6.92 Å². The van der Waals surface area contributed by atoms with Crippen molar-refractivity contribution in [3.8, 4) is 5.75 Å². The standard InChI is InChI=1S/C17H23NO4/c1-2-16(20)12-3-9-15(10-4-12)22-11-17(21)18-13-5-7-14(19)8-6-13/h3-4,9-10,13-14,19H,2,5-8,11H2,1H3,(H,18,21). The lowest BCUT2D eigenvalue weighted by Crippen LogP contribution is -2.40. The number of ketones is 1. The number of rotatable bonds is 6. The van der Waals surface area contributed by atoms with Gasteiger partial charge in [0.25, 0.3) is 5.91 Å². The molecule has 1 fully saturated rings. The lowest BCUT2D eigenvalue weighted by Gasteiger charge is -2.26. The molecule has 0 unspecified atom stereocenters. The highest BCUT2D eigenvalue weighted by molar-refractivity contribution is 5.95. The van der Waals surface area contributed by atoms with Gasteiger partial charge in [0.15, 0.2) is 12.4 Å². The van der Waals surface area contributed by atoms with Crippen molar-refractivity contribution in [2.24, 2.45) is 0 Å². The van der Waals surface area contributed by atoms with E-state index in [1.54, 1.807) is 24.3 Å². The molecule has 5 nitrogen and oxygen atoms in total. The summed E-state index contributed by atoms with van der Waals surface area (Å²) < 4.78 is 5.43. The maximum Gasteiger partial charge on any atom is 0.258 e. The fourth-order valence-electron chi connectivity index (χ4n) is 2.58. The third kappa shape index (κ3) is 4.84. The molecule has 0 saturated heterocycles. The van der Waals surface area contributed by atoms with E-state index in [4.69, 9.17) is 4.74 Å². The third-order valence-electron chi connectivity index (χ3n) is 3.93. The Morgan fingerprint density at radius 2 is 1.82 bits per heavy atom. The van der Waals surface area contributed by atoms with Crippen molar-refractivity contribution in [1.82, 2.24) is 5.32 Å². The highest BCUT2D eigenvalue weighted by Gasteiger charge is 2.20. The van der Waals surface area contributed by atoms with Gasteiger partial charge in [-0.2, -0.15) is 0 Å². The van der Waals surface area contributed by atoms with Crippen LogP contribution in [0.2, 0.25) is 0 Å². The van der Waals surface area contributed by atoms with Crippen LogP contribution in [0.3, 0.4) is 0 Å². The molecule has 2 rings (SSSR count). The Bertz CT molecular complexity index is 504. The van der Waals surface area contributed by atoms with Gasteiger partial charge in [0.1, 0.15) is 5.75 Å². The second kappa shape index (κ2) is 7.94. The zero-order valence-corrected chi connectivity index (χ0v) is 12.9. The molecular weight excluding hydrogens is 282 g/mol. The van der Waals surface area contributed by atoms with Gasteiger partial charge in [0, 0.05) is 18.0 Å². The number of aliphatic hydroxyl groups excluding tert-OH is 1. The molecule has 120 valence electrons. The minimum Gasteiger partial charge on any atom is -0.484 e. The van der Waals surface area contributed by atoms with Crippen LogP contribution in [0.1, 0.15) is 49.4 Å². The Morgan fingerprint density at radius 1 is 1.18 bits per heavy atom. The lowest BCUT2D eigenvalue weighted by molar-refractivity contribution is -0.124. The predicted molar refractivity (Wildman–Crippen MR) is 83.0 cm³/mol. The Kier molecular flexibility index (Phi) is 5.95. The number of hydrogen-bond acceptors (Lipinski definition) is 4. The Morgan fingerprint density at radius 3 is 2.41 bits per heavy atom. The van der Waals surface area contributed by atoms with Crippen molar-refractivity contribution < 1.29 is 19.4 Å².